The number of halogens is 2. The molecule has 6 aromatic rings. The molecule has 0 bridgehead atoms. The van der Waals surface area contributed by atoms with Crippen molar-refractivity contribution < 1.29 is 23.3 Å². The van der Waals surface area contributed by atoms with Gasteiger partial charge in [0.15, 0.2) is 0 Å². The van der Waals surface area contributed by atoms with Crippen molar-refractivity contribution in [3.8, 4) is 5.75 Å². The Morgan fingerprint density at radius 3 is 2.45 bits per heavy atom. The molecule has 6 heterocycles. The quantitative estimate of drug-likeness (QED) is 0.0777. The minimum absolute atomic E-state index is 0.258. The van der Waals surface area contributed by atoms with Gasteiger partial charge in [-0.05, 0) is 90.7 Å². The van der Waals surface area contributed by atoms with E-state index in [0.717, 1.165) is 92.4 Å². The number of carbonyl (C=O) groups is 2. The van der Waals surface area contributed by atoms with Gasteiger partial charge in [0.2, 0.25) is 11.9 Å². The summed E-state index contributed by atoms with van der Waals surface area (Å²) in [6, 6.07) is 15.2. The number of carbonyl (C=O) groups excluding carboxylic acids is 2. The number of methoxy groups -OCH3 is 1. The van der Waals surface area contributed by atoms with Crippen molar-refractivity contribution in [1.82, 2.24) is 39.8 Å². The van der Waals surface area contributed by atoms with E-state index in [9.17, 15) is 14.2 Å². The Morgan fingerprint density at radius 2 is 1.71 bits per heavy atom. The van der Waals surface area contributed by atoms with E-state index in [1.807, 2.05) is 30.3 Å². The van der Waals surface area contributed by atoms with Crippen LogP contribution in [0.4, 0.5) is 33.2 Å². The van der Waals surface area contributed by atoms with E-state index in [2.05, 4.69) is 80.7 Å². The van der Waals surface area contributed by atoms with Gasteiger partial charge in [-0.25, -0.2) is 9.37 Å². The summed E-state index contributed by atoms with van der Waals surface area (Å²) in [5.74, 6) is 0.640. The fraction of sp³-hybridized carbons (Fsp3) is 0.404. The Kier molecular flexibility index (Phi) is 12.9. The van der Waals surface area contributed by atoms with Gasteiger partial charge in [0, 0.05) is 105 Å². The van der Waals surface area contributed by atoms with E-state index in [1.54, 1.807) is 43.7 Å². The summed E-state index contributed by atoms with van der Waals surface area (Å²) in [7, 11) is -1.04. The molecule has 0 aliphatic carbocycles. The van der Waals surface area contributed by atoms with Gasteiger partial charge in [0.05, 0.1) is 40.2 Å². The minimum Gasteiger partial charge on any atom is -0.494 e. The maximum atomic E-state index is 15.2. The van der Waals surface area contributed by atoms with Gasteiger partial charge >= 0.3 is 0 Å². The predicted octanol–water partition coefficient (Wildman–Crippen LogP) is 7.39. The first kappa shape index (κ1) is 44.7. The van der Waals surface area contributed by atoms with Crippen molar-refractivity contribution in [2.24, 2.45) is 0 Å². The molecular formula is C47H54BrFN11O4P. The predicted molar refractivity (Wildman–Crippen MR) is 258 cm³/mol. The molecule has 3 aromatic carbocycles. The van der Waals surface area contributed by atoms with Crippen LogP contribution in [0.15, 0.2) is 71.6 Å². The maximum Gasteiger partial charge on any atom is 0.251 e. The molecule has 1 unspecified atom stereocenters. The van der Waals surface area contributed by atoms with Crippen LogP contribution in [0.2, 0.25) is 0 Å². The molecule has 9 rings (SSSR count). The Balaban J connectivity index is 0.801. The third-order valence-electron chi connectivity index (χ3n) is 13.0. The highest BCUT2D eigenvalue weighted by Gasteiger charge is 2.31. The van der Waals surface area contributed by atoms with Gasteiger partial charge in [0.1, 0.15) is 30.6 Å². The SMILES string of the molecule is CCc1cc(Nc2ncc(Br)c(Nc3cnc4ccccc4c3P(C)(C)=O)n2)c(OC)cc1N1CCC(N2CCN(CCc3cc4cn(C5CCC(=O)NC5=O)nc4cc3F)CC2)CC1. The number of pyridine rings is 1. The summed E-state index contributed by atoms with van der Waals surface area (Å²) < 4.78 is 37.0. The third kappa shape index (κ3) is 9.60. The first-order valence-corrected chi connectivity index (χ1v) is 25.7. The van der Waals surface area contributed by atoms with E-state index in [-0.39, 0.29) is 24.1 Å². The summed E-state index contributed by atoms with van der Waals surface area (Å²) >= 11 is 3.60. The van der Waals surface area contributed by atoms with Crippen molar-refractivity contribution in [3.63, 3.8) is 0 Å². The monoisotopic (exact) mass is 965 g/mol. The van der Waals surface area contributed by atoms with Crippen molar-refractivity contribution in [3.05, 3.63) is 88.5 Å². The van der Waals surface area contributed by atoms with Crippen LogP contribution in [0, 0.1) is 5.82 Å². The van der Waals surface area contributed by atoms with E-state index in [0.29, 0.717) is 57.6 Å². The second kappa shape index (κ2) is 18.8. The minimum atomic E-state index is -2.72. The van der Waals surface area contributed by atoms with Crippen LogP contribution < -0.4 is 30.9 Å². The number of aryl methyl sites for hydroxylation is 1. The molecule has 0 saturated carbocycles. The van der Waals surface area contributed by atoms with Crippen LogP contribution in [0.5, 0.6) is 5.75 Å². The van der Waals surface area contributed by atoms with Gasteiger partial charge in [-0.2, -0.15) is 10.1 Å². The number of piperazine rings is 1. The lowest BCUT2D eigenvalue weighted by molar-refractivity contribution is -0.135. The summed E-state index contributed by atoms with van der Waals surface area (Å²) in [5, 5.41) is 16.0. The number of para-hydroxylation sites is 1. The number of aromatic nitrogens is 5. The van der Waals surface area contributed by atoms with Crippen LogP contribution in [0.25, 0.3) is 21.8 Å². The molecule has 0 radical (unpaired) electrons. The molecule has 3 N–H and O–H groups in total. The first-order valence-electron chi connectivity index (χ1n) is 22.3. The van der Waals surface area contributed by atoms with Crippen LogP contribution in [-0.2, 0) is 27.0 Å². The van der Waals surface area contributed by atoms with E-state index in [1.165, 1.54) is 17.3 Å². The molecule has 1 atom stereocenters. The largest absolute Gasteiger partial charge is 0.494 e. The molecule has 15 nitrogen and oxygen atoms in total. The molecule has 65 heavy (non-hydrogen) atoms. The summed E-state index contributed by atoms with van der Waals surface area (Å²) in [5.41, 5.74) is 5.69. The lowest BCUT2D eigenvalue weighted by Gasteiger charge is -2.43. The van der Waals surface area contributed by atoms with Crippen molar-refractivity contribution >= 4 is 90.8 Å². The highest BCUT2D eigenvalue weighted by molar-refractivity contribution is 9.10. The number of anilines is 5. The van der Waals surface area contributed by atoms with Gasteiger partial charge in [0.25, 0.3) is 5.91 Å². The number of piperidine rings is 2. The number of fused-ring (bicyclic) bond motifs is 2. The number of imide groups is 1. The molecule has 3 aromatic heterocycles. The zero-order chi connectivity index (χ0) is 45.4. The smallest absolute Gasteiger partial charge is 0.251 e. The molecule has 3 saturated heterocycles. The Hall–Kier alpha value is -5.48. The number of benzene rings is 3. The highest BCUT2D eigenvalue weighted by atomic mass is 79.9. The molecule has 2 amide bonds. The van der Waals surface area contributed by atoms with Crippen LogP contribution in [0.3, 0.4) is 0 Å². The van der Waals surface area contributed by atoms with E-state index < -0.39 is 13.2 Å². The number of rotatable bonds is 13. The molecule has 18 heteroatoms. The number of amides is 2. The third-order valence-corrected chi connectivity index (χ3v) is 15.1. The van der Waals surface area contributed by atoms with Gasteiger partial charge < -0.3 is 29.7 Å². The van der Waals surface area contributed by atoms with Crippen molar-refractivity contribution in [1.29, 1.82) is 0 Å². The molecule has 340 valence electrons. The summed E-state index contributed by atoms with van der Waals surface area (Å²) in [6.45, 7) is 12.2. The highest BCUT2D eigenvalue weighted by Crippen LogP contribution is 2.42. The van der Waals surface area contributed by atoms with Crippen molar-refractivity contribution in [2.45, 2.75) is 57.5 Å². The second-order valence-corrected chi connectivity index (χ2v) is 21.5. The second-order valence-electron chi connectivity index (χ2n) is 17.5. The number of hydrogen-bond donors (Lipinski definition) is 3. The average molecular weight is 967 g/mol. The fourth-order valence-electron chi connectivity index (χ4n) is 9.52. The standard InChI is InChI=1S/C47H54BrFN11O4P/c1-5-29-23-38(53-47-51-26-34(48)45(55-47)52-39-27-50-36-9-7-6-8-33(36)44(39)65(3,4)63)42(64-2)25-41(29)59-16-13-32(14-17-59)58-20-18-57(19-21-58)15-12-30-22-31-28-60(56-37(31)24-35(30)49)40-10-11-43(61)54-46(40)62/h6-9,22-28,32,40H,5,10-21H2,1-4H3,(H,54,61,62)(H2,51,52,53,55). The molecular weight excluding hydrogens is 912 g/mol. The van der Waals surface area contributed by atoms with E-state index >= 15 is 4.39 Å². The number of ether oxygens (including phenoxy) is 1. The molecule has 3 aliphatic rings. The fourth-order valence-corrected chi connectivity index (χ4v) is 11.3. The Morgan fingerprint density at radius 1 is 0.923 bits per heavy atom. The van der Waals surface area contributed by atoms with E-state index in [4.69, 9.17) is 9.72 Å². The lowest BCUT2D eigenvalue weighted by atomic mass is 9.99. The summed E-state index contributed by atoms with van der Waals surface area (Å²) in [4.78, 5) is 45.5. The number of hydrogen-bond acceptors (Lipinski definition) is 13. The number of nitrogens with zero attached hydrogens (tertiary/aromatic N) is 8. The Labute approximate surface area is 386 Å². The van der Waals surface area contributed by atoms with Crippen LogP contribution in [-0.4, -0.2) is 119 Å². The summed E-state index contributed by atoms with van der Waals surface area (Å²) in [6.07, 6.45) is 9.36. The van der Waals surface area contributed by atoms with Gasteiger partial charge in [-0.1, -0.05) is 25.1 Å². The zero-order valence-corrected chi connectivity index (χ0v) is 39.6. The lowest BCUT2D eigenvalue weighted by Crippen LogP contribution is -2.53. The van der Waals surface area contributed by atoms with Gasteiger partial charge in [-0.15, -0.1) is 0 Å². The maximum absolute atomic E-state index is 15.2. The molecule has 3 fully saturated rings. The average Bonchev–Trinajstić information content (AvgIpc) is 3.71. The van der Waals surface area contributed by atoms with Crippen LogP contribution >= 0.6 is 23.1 Å². The van der Waals surface area contributed by atoms with Crippen LogP contribution in [0.1, 0.15) is 49.8 Å². The molecule has 3 aliphatic heterocycles. The van der Waals surface area contributed by atoms with Crippen molar-refractivity contribution in [2.75, 3.05) is 81.8 Å². The topological polar surface area (TPSA) is 163 Å². The normalized spacial score (nSPS) is 18.1. The van der Waals surface area contributed by atoms with Gasteiger partial charge in [-0.3, -0.25) is 29.5 Å². The first-order chi connectivity index (χ1) is 31.3. The molecule has 0 spiro atoms. The number of nitrogens with one attached hydrogen (secondary N) is 3. The Bertz CT molecular complexity index is 2820. The zero-order valence-electron chi connectivity index (χ0n) is 37.1.